The first-order chi connectivity index (χ1) is 12.6. The van der Waals surface area contributed by atoms with Crippen LogP contribution in [0.2, 0.25) is 0 Å². The number of methoxy groups -OCH3 is 1. The smallest absolute Gasteiger partial charge is 0.313 e. The van der Waals surface area contributed by atoms with Gasteiger partial charge in [-0.3, -0.25) is 9.59 Å². The molecular formula is C21H21NO4. The zero-order valence-corrected chi connectivity index (χ0v) is 14.8. The Morgan fingerprint density at radius 2 is 1.81 bits per heavy atom. The van der Waals surface area contributed by atoms with Crippen LogP contribution in [-0.4, -0.2) is 30.5 Å². The van der Waals surface area contributed by atoms with E-state index in [0.29, 0.717) is 17.9 Å². The van der Waals surface area contributed by atoms with Crippen LogP contribution in [0.25, 0.3) is 10.9 Å². The van der Waals surface area contributed by atoms with E-state index in [9.17, 15) is 9.59 Å². The summed E-state index contributed by atoms with van der Waals surface area (Å²) in [6.07, 6.45) is 1.82. The van der Waals surface area contributed by atoms with Crippen molar-refractivity contribution in [3.8, 4) is 5.75 Å². The van der Waals surface area contributed by atoms with E-state index < -0.39 is 11.9 Å². The van der Waals surface area contributed by atoms with Crippen molar-refractivity contribution in [3.63, 3.8) is 0 Å². The number of aromatic nitrogens is 1. The van der Waals surface area contributed by atoms with Crippen molar-refractivity contribution < 1.29 is 19.1 Å². The van der Waals surface area contributed by atoms with Gasteiger partial charge < -0.3 is 14.5 Å². The van der Waals surface area contributed by atoms with Crippen molar-refractivity contribution in [1.82, 2.24) is 4.98 Å². The maximum absolute atomic E-state index is 12.7. The molecule has 0 bridgehead atoms. The molecule has 3 aromatic rings. The maximum Gasteiger partial charge on any atom is 0.313 e. The lowest BCUT2D eigenvalue weighted by atomic mass is 9.91. The third-order valence-corrected chi connectivity index (χ3v) is 4.36. The summed E-state index contributed by atoms with van der Waals surface area (Å²) >= 11 is 0. The second-order valence-corrected chi connectivity index (χ2v) is 5.95. The van der Waals surface area contributed by atoms with Gasteiger partial charge in [-0.1, -0.05) is 18.2 Å². The van der Waals surface area contributed by atoms with Gasteiger partial charge >= 0.3 is 5.97 Å². The lowest BCUT2D eigenvalue weighted by Gasteiger charge is -2.14. The zero-order chi connectivity index (χ0) is 18.5. The summed E-state index contributed by atoms with van der Waals surface area (Å²) in [6.45, 7) is 2.47. The molecule has 1 atom stereocenters. The number of fused-ring (bicyclic) bond motifs is 1. The number of carbonyl (C=O) groups is 2. The van der Waals surface area contributed by atoms with E-state index >= 15 is 0 Å². The van der Waals surface area contributed by atoms with Crippen molar-refractivity contribution in [3.05, 3.63) is 65.9 Å². The average molecular weight is 351 g/mol. The molecule has 1 heterocycles. The van der Waals surface area contributed by atoms with E-state index in [-0.39, 0.29) is 12.2 Å². The number of ether oxygens (including phenoxy) is 2. The van der Waals surface area contributed by atoms with Crippen molar-refractivity contribution in [2.45, 2.75) is 19.3 Å². The summed E-state index contributed by atoms with van der Waals surface area (Å²) in [5.41, 5.74) is 2.24. The van der Waals surface area contributed by atoms with Gasteiger partial charge in [-0.25, -0.2) is 0 Å². The quantitative estimate of drug-likeness (QED) is 0.514. The van der Waals surface area contributed by atoms with E-state index in [4.69, 9.17) is 9.47 Å². The van der Waals surface area contributed by atoms with Gasteiger partial charge in [-0.05, 0) is 42.8 Å². The fourth-order valence-electron chi connectivity index (χ4n) is 3.05. The van der Waals surface area contributed by atoms with Crippen LogP contribution in [0.3, 0.4) is 0 Å². The highest BCUT2D eigenvalue weighted by Crippen LogP contribution is 2.30. The largest absolute Gasteiger partial charge is 0.494 e. The molecule has 0 saturated heterocycles. The molecule has 3 rings (SSSR count). The third kappa shape index (κ3) is 3.61. The van der Waals surface area contributed by atoms with Gasteiger partial charge in [0, 0.05) is 29.1 Å². The van der Waals surface area contributed by atoms with Gasteiger partial charge in [0.25, 0.3) is 0 Å². The second kappa shape index (κ2) is 7.87. The van der Waals surface area contributed by atoms with E-state index in [2.05, 4.69) is 4.98 Å². The summed E-state index contributed by atoms with van der Waals surface area (Å²) in [5, 5.41) is 0.919. The summed E-state index contributed by atoms with van der Waals surface area (Å²) in [6, 6.07) is 14.6. The first-order valence-electron chi connectivity index (χ1n) is 8.54. The van der Waals surface area contributed by atoms with Crippen LogP contribution in [-0.2, 0) is 9.53 Å². The van der Waals surface area contributed by atoms with E-state index in [1.807, 2.05) is 31.2 Å². The van der Waals surface area contributed by atoms with Crippen LogP contribution in [0.1, 0.15) is 35.2 Å². The van der Waals surface area contributed by atoms with Gasteiger partial charge in [0.2, 0.25) is 0 Å². The minimum atomic E-state index is -0.657. The van der Waals surface area contributed by atoms with Crippen molar-refractivity contribution in [2.24, 2.45) is 0 Å². The van der Waals surface area contributed by atoms with Crippen LogP contribution < -0.4 is 4.74 Å². The van der Waals surface area contributed by atoms with Crippen LogP contribution in [0.15, 0.2) is 54.7 Å². The molecule has 134 valence electrons. The molecule has 5 heteroatoms. The Bertz CT molecular complexity index is 911. The van der Waals surface area contributed by atoms with E-state index in [0.717, 1.165) is 16.5 Å². The van der Waals surface area contributed by atoms with Crippen molar-refractivity contribution >= 4 is 22.7 Å². The number of hydrogen-bond acceptors (Lipinski definition) is 4. The van der Waals surface area contributed by atoms with Gasteiger partial charge in [-0.2, -0.15) is 0 Å². The molecule has 0 saturated carbocycles. The number of hydrogen-bond donors (Lipinski definition) is 1. The highest BCUT2D eigenvalue weighted by Gasteiger charge is 2.27. The third-order valence-electron chi connectivity index (χ3n) is 4.36. The molecule has 1 unspecified atom stereocenters. The zero-order valence-electron chi connectivity index (χ0n) is 14.8. The van der Waals surface area contributed by atoms with Gasteiger partial charge in [0.1, 0.15) is 5.75 Å². The number of ketones is 1. The first-order valence-corrected chi connectivity index (χ1v) is 8.54. The normalized spacial score (nSPS) is 11.9. The number of esters is 1. The molecule has 0 fully saturated rings. The molecular weight excluding hydrogens is 330 g/mol. The number of para-hydroxylation sites is 1. The van der Waals surface area contributed by atoms with Gasteiger partial charge in [0.05, 0.1) is 19.6 Å². The van der Waals surface area contributed by atoms with Gasteiger partial charge in [-0.15, -0.1) is 0 Å². The SMILES string of the molecule is CCOc1ccc(C(=O)CC(C(=O)OC)c2c[nH]c3ccccc23)cc1. The van der Waals surface area contributed by atoms with Crippen LogP contribution in [0, 0.1) is 0 Å². The Kier molecular flexibility index (Phi) is 5.37. The lowest BCUT2D eigenvalue weighted by molar-refractivity contribution is -0.142. The molecule has 1 N–H and O–H groups in total. The molecule has 0 aliphatic rings. The van der Waals surface area contributed by atoms with E-state index in [1.54, 1.807) is 30.5 Å². The molecule has 0 aliphatic carbocycles. The first kappa shape index (κ1) is 17.7. The predicted molar refractivity (Wildman–Crippen MR) is 99.6 cm³/mol. The minimum Gasteiger partial charge on any atom is -0.494 e. The topological polar surface area (TPSA) is 68.4 Å². The molecule has 2 aromatic carbocycles. The van der Waals surface area contributed by atoms with Crippen LogP contribution in [0.4, 0.5) is 0 Å². The minimum absolute atomic E-state index is 0.0441. The Hall–Kier alpha value is -3.08. The molecule has 0 aliphatic heterocycles. The van der Waals surface area contributed by atoms with Crippen molar-refractivity contribution in [2.75, 3.05) is 13.7 Å². The Morgan fingerprint density at radius 1 is 1.08 bits per heavy atom. The number of carbonyl (C=O) groups excluding carboxylic acids is 2. The van der Waals surface area contributed by atoms with Crippen molar-refractivity contribution in [1.29, 1.82) is 0 Å². The molecule has 5 nitrogen and oxygen atoms in total. The fourth-order valence-corrected chi connectivity index (χ4v) is 3.05. The van der Waals surface area contributed by atoms with Gasteiger partial charge in [0.15, 0.2) is 5.78 Å². The maximum atomic E-state index is 12.7. The molecule has 26 heavy (non-hydrogen) atoms. The highest BCUT2D eigenvalue weighted by molar-refractivity contribution is 6.00. The number of benzene rings is 2. The highest BCUT2D eigenvalue weighted by atomic mass is 16.5. The Labute approximate surface area is 151 Å². The van der Waals surface area contributed by atoms with Crippen LogP contribution in [0.5, 0.6) is 5.75 Å². The molecule has 0 amide bonds. The second-order valence-electron chi connectivity index (χ2n) is 5.95. The number of H-pyrrole nitrogens is 1. The summed E-state index contributed by atoms with van der Waals surface area (Å²) in [7, 11) is 1.34. The summed E-state index contributed by atoms with van der Waals surface area (Å²) < 4.78 is 10.3. The number of nitrogens with one attached hydrogen (secondary N) is 1. The summed E-state index contributed by atoms with van der Waals surface area (Å²) in [4.78, 5) is 28.2. The molecule has 1 aromatic heterocycles. The number of Topliss-reactive ketones (excluding diaryl/α,β-unsaturated/α-hetero) is 1. The van der Waals surface area contributed by atoms with Crippen LogP contribution >= 0.6 is 0 Å². The Morgan fingerprint density at radius 3 is 2.50 bits per heavy atom. The molecule has 0 spiro atoms. The summed E-state index contributed by atoms with van der Waals surface area (Å²) in [5.74, 6) is -0.483. The fraction of sp³-hybridized carbons (Fsp3) is 0.238. The molecule has 0 radical (unpaired) electrons. The average Bonchev–Trinajstić information content (AvgIpc) is 3.10. The predicted octanol–water partition coefficient (Wildman–Crippen LogP) is 4.10. The standard InChI is InChI=1S/C21H21NO4/c1-3-26-15-10-8-14(9-11-15)20(23)12-17(21(24)25-2)18-13-22-19-7-5-4-6-16(18)19/h4-11,13,17,22H,3,12H2,1-2H3. The number of rotatable bonds is 7. The number of aromatic amines is 1. The monoisotopic (exact) mass is 351 g/mol. The Balaban J connectivity index is 1.87. The lowest BCUT2D eigenvalue weighted by Crippen LogP contribution is -2.18. The van der Waals surface area contributed by atoms with E-state index in [1.165, 1.54) is 7.11 Å².